The predicted molar refractivity (Wildman–Crippen MR) is 122 cm³/mol. The molecule has 1 unspecified atom stereocenters. The molecule has 3 aromatic rings. The highest BCUT2D eigenvalue weighted by atomic mass is 16.6. The molecule has 1 N–H and O–H groups in total. The highest BCUT2D eigenvalue weighted by molar-refractivity contribution is 5.71. The van der Waals surface area contributed by atoms with Crippen LogP contribution in [-0.4, -0.2) is 27.5 Å². The van der Waals surface area contributed by atoms with Gasteiger partial charge in [0.15, 0.2) is 0 Å². The minimum atomic E-state index is -0.355. The molecule has 2 aromatic carbocycles. The van der Waals surface area contributed by atoms with Crippen LogP contribution in [0.5, 0.6) is 0 Å². The Kier molecular flexibility index (Phi) is 6.40. The summed E-state index contributed by atoms with van der Waals surface area (Å²) in [5, 5.41) is 15.5. The molecule has 0 radical (unpaired) electrons. The standard InChI is InChI=1S/C24H27N5O2/c1-2-20-15-9-10-16-28(20)24-22(29(30)31)23(25-17-26-24)27-21(18-11-5-3-6-12-18)19-13-7-4-8-14-19/h3-8,11-14,17,20-21H,2,9-10,15-16H2,1H3,(H,25,26,27). The monoisotopic (exact) mass is 417 g/mol. The van der Waals surface area contributed by atoms with Gasteiger partial charge in [0.2, 0.25) is 11.6 Å². The van der Waals surface area contributed by atoms with Gasteiger partial charge in [0.25, 0.3) is 0 Å². The van der Waals surface area contributed by atoms with E-state index in [9.17, 15) is 10.1 Å². The molecule has 0 bridgehead atoms. The lowest BCUT2D eigenvalue weighted by molar-refractivity contribution is -0.383. The van der Waals surface area contributed by atoms with Gasteiger partial charge in [-0.05, 0) is 36.8 Å². The van der Waals surface area contributed by atoms with Crippen LogP contribution in [0, 0.1) is 10.1 Å². The van der Waals surface area contributed by atoms with Gasteiger partial charge in [-0.3, -0.25) is 10.1 Å². The highest BCUT2D eigenvalue weighted by Crippen LogP contribution is 2.38. The van der Waals surface area contributed by atoms with E-state index >= 15 is 0 Å². The molecule has 31 heavy (non-hydrogen) atoms. The predicted octanol–water partition coefficient (Wildman–Crippen LogP) is 5.36. The number of piperidine rings is 1. The molecule has 0 aliphatic carbocycles. The summed E-state index contributed by atoms with van der Waals surface area (Å²) in [4.78, 5) is 22.6. The van der Waals surface area contributed by atoms with Gasteiger partial charge in [0, 0.05) is 12.6 Å². The average molecular weight is 418 g/mol. The van der Waals surface area contributed by atoms with E-state index in [0.717, 1.165) is 43.4 Å². The van der Waals surface area contributed by atoms with Crippen molar-refractivity contribution >= 4 is 17.3 Å². The van der Waals surface area contributed by atoms with E-state index in [0.29, 0.717) is 5.82 Å². The highest BCUT2D eigenvalue weighted by Gasteiger charge is 2.32. The molecule has 4 rings (SSSR count). The minimum absolute atomic E-state index is 0.0558. The third-order valence-corrected chi connectivity index (χ3v) is 5.90. The Morgan fingerprint density at radius 3 is 2.29 bits per heavy atom. The second kappa shape index (κ2) is 9.55. The fourth-order valence-electron chi connectivity index (χ4n) is 4.34. The average Bonchev–Trinajstić information content (AvgIpc) is 2.83. The number of nitrogens with one attached hydrogen (secondary N) is 1. The van der Waals surface area contributed by atoms with Crippen LogP contribution in [0.25, 0.3) is 0 Å². The zero-order chi connectivity index (χ0) is 21.6. The van der Waals surface area contributed by atoms with Crippen LogP contribution < -0.4 is 10.2 Å². The molecular formula is C24H27N5O2. The number of hydrogen-bond donors (Lipinski definition) is 1. The Balaban J connectivity index is 1.77. The van der Waals surface area contributed by atoms with Gasteiger partial charge in [-0.1, -0.05) is 67.6 Å². The van der Waals surface area contributed by atoms with Gasteiger partial charge in [-0.15, -0.1) is 0 Å². The summed E-state index contributed by atoms with van der Waals surface area (Å²) in [5.41, 5.74) is 1.96. The number of nitrogens with zero attached hydrogens (tertiary/aromatic N) is 4. The van der Waals surface area contributed by atoms with Crippen LogP contribution in [0.3, 0.4) is 0 Å². The molecular weight excluding hydrogens is 390 g/mol. The number of anilines is 2. The van der Waals surface area contributed by atoms with Gasteiger partial charge < -0.3 is 10.2 Å². The summed E-state index contributed by atoms with van der Waals surface area (Å²) in [6.07, 6.45) is 5.54. The van der Waals surface area contributed by atoms with Crippen LogP contribution in [0.2, 0.25) is 0 Å². The Morgan fingerprint density at radius 2 is 1.71 bits per heavy atom. The SMILES string of the molecule is CCC1CCCCN1c1ncnc(NC(c2ccccc2)c2ccccc2)c1[N+](=O)[O-]. The Hall–Kier alpha value is -3.48. The number of benzene rings is 2. The normalized spacial score (nSPS) is 16.3. The molecule has 1 atom stereocenters. The van der Waals surface area contributed by atoms with Crippen molar-refractivity contribution in [2.24, 2.45) is 0 Å². The molecule has 0 spiro atoms. The van der Waals surface area contributed by atoms with E-state index in [1.54, 1.807) is 0 Å². The van der Waals surface area contributed by atoms with Crippen LogP contribution in [-0.2, 0) is 0 Å². The van der Waals surface area contributed by atoms with Crippen molar-refractivity contribution < 1.29 is 4.92 Å². The Bertz CT molecular complexity index is 973. The van der Waals surface area contributed by atoms with Crippen molar-refractivity contribution in [3.05, 3.63) is 88.2 Å². The molecule has 1 saturated heterocycles. The van der Waals surface area contributed by atoms with Crippen molar-refractivity contribution in [1.82, 2.24) is 9.97 Å². The summed E-state index contributed by atoms with van der Waals surface area (Å²) in [6, 6.07) is 19.8. The fourth-order valence-corrected chi connectivity index (χ4v) is 4.34. The summed E-state index contributed by atoms with van der Waals surface area (Å²) in [5.74, 6) is 0.655. The third-order valence-electron chi connectivity index (χ3n) is 5.90. The van der Waals surface area contributed by atoms with Gasteiger partial charge in [0.1, 0.15) is 6.33 Å². The molecule has 0 saturated carbocycles. The molecule has 1 fully saturated rings. The Labute approximate surface area is 182 Å². The van der Waals surface area contributed by atoms with Crippen molar-refractivity contribution in [3.63, 3.8) is 0 Å². The molecule has 7 heteroatoms. The quantitative estimate of drug-likeness (QED) is 0.412. The lowest BCUT2D eigenvalue weighted by atomic mass is 9.98. The summed E-state index contributed by atoms with van der Waals surface area (Å²) >= 11 is 0. The first-order valence-electron chi connectivity index (χ1n) is 10.8. The van der Waals surface area contributed by atoms with Gasteiger partial charge in [0.05, 0.1) is 11.0 Å². The summed E-state index contributed by atoms with van der Waals surface area (Å²) < 4.78 is 0. The minimum Gasteiger partial charge on any atom is -0.353 e. The first-order valence-corrected chi connectivity index (χ1v) is 10.8. The van der Waals surface area contributed by atoms with Gasteiger partial charge in [-0.2, -0.15) is 0 Å². The van der Waals surface area contributed by atoms with Gasteiger partial charge in [-0.25, -0.2) is 9.97 Å². The molecule has 7 nitrogen and oxygen atoms in total. The van der Waals surface area contributed by atoms with Crippen LogP contribution >= 0.6 is 0 Å². The summed E-state index contributed by atoms with van der Waals surface area (Å²) in [7, 11) is 0. The lowest BCUT2D eigenvalue weighted by Gasteiger charge is -2.35. The van der Waals surface area contributed by atoms with E-state index in [1.807, 2.05) is 60.7 Å². The summed E-state index contributed by atoms with van der Waals surface area (Å²) in [6.45, 7) is 2.90. The maximum absolute atomic E-state index is 12.2. The molecule has 1 aliphatic heterocycles. The van der Waals surface area contributed by atoms with Gasteiger partial charge >= 0.3 is 5.69 Å². The first-order chi connectivity index (χ1) is 15.2. The zero-order valence-corrected chi connectivity index (χ0v) is 17.6. The number of nitro groups is 1. The topological polar surface area (TPSA) is 84.2 Å². The largest absolute Gasteiger partial charge is 0.353 e. The molecule has 160 valence electrons. The Morgan fingerprint density at radius 1 is 1.06 bits per heavy atom. The van der Waals surface area contributed by atoms with Crippen LogP contribution in [0.1, 0.15) is 49.8 Å². The van der Waals surface area contributed by atoms with Crippen molar-refractivity contribution in [2.75, 3.05) is 16.8 Å². The fraction of sp³-hybridized carbons (Fsp3) is 0.333. The molecule has 1 aromatic heterocycles. The lowest BCUT2D eigenvalue weighted by Crippen LogP contribution is -2.40. The van der Waals surface area contributed by atoms with Crippen LogP contribution in [0.4, 0.5) is 17.3 Å². The molecule has 2 heterocycles. The second-order valence-electron chi connectivity index (χ2n) is 7.80. The van der Waals surface area contributed by atoms with Crippen molar-refractivity contribution in [2.45, 2.75) is 44.7 Å². The van der Waals surface area contributed by atoms with E-state index in [4.69, 9.17) is 0 Å². The van der Waals surface area contributed by atoms with E-state index in [2.05, 4.69) is 27.1 Å². The number of aromatic nitrogens is 2. The smallest absolute Gasteiger partial charge is 0.353 e. The van der Waals surface area contributed by atoms with Crippen molar-refractivity contribution in [3.8, 4) is 0 Å². The maximum atomic E-state index is 12.2. The molecule has 0 amide bonds. The first kappa shape index (κ1) is 20.8. The number of rotatable bonds is 7. The molecule has 1 aliphatic rings. The second-order valence-corrected chi connectivity index (χ2v) is 7.80. The van der Waals surface area contributed by atoms with E-state index < -0.39 is 0 Å². The maximum Gasteiger partial charge on any atom is 0.353 e. The number of hydrogen-bond acceptors (Lipinski definition) is 6. The zero-order valence-electron chi connectivity index (χ0n) is 17.6. The van der Waals surface area contributed by atoms with Crippen molar-refractivity contribution in [1.29, 1.82) is 0 Å². The van der Waals surface area contributed by atoms with E-state index in [-0.39, 0.29) is 28.5 Å². The van der Waals surface area contributed by atoms with Crippen LogP contribution in [0.15, 0.2) is 67.0 Å². The van der Waals surface area contributed by atoms with E-state index in [1.165, 1.54) is 6.33 Å². The third kappa shape index (κ3) is 4.50.